The van der Waals surface area contributed by atoms with Gasteiger partial charge in [0.25, 0.3) is 5.89 Å². The van der Waals surface area contributed by atoms with Crippen LogP contribution in [-0.4, -0.2) is 60.5 Å². The van der Waals surface area contributed by atoms with Gasteiger partial charge in [0, 0.05) is 24.3 Å². The second-order valence-electron chi connectivity index (χ2n) is 9.73. The Hall–Kier alpha value is -2.50. The maximum atomic E-state index is 12.3. The van der Waals surface area contributed by atoms with Gasteiger partial charge < -0.3 is 20.7 Å². The van der Waals surface area contributed by atoms with Crippen LogP contribution >= 0.6 is 0 Å². The third kappa shape index (κ3) is 6.30. The number of benzene rings is 1. The molecule has 1 aliphatic rings. The Morgan fingerprint density at radius 1 is 1.36 bits per heavy atom. The molecule has 2 aromatic rings. The second kappa shape index (κ2) is 9.78. The van der Waals surface area contributed by atoms with Gasteiger partial charge in [-0.05, 0) is 43.9 Å². The minimum Gasteiger partial charge on any atom is -0.465 e. The van der Waals surface area contributed by atoms with E-state index >= 15 is 0 Å². The summed E-state index contributed by atoms with van der Waals surface area (Å²) in [6.45, 7) is 6.85. The van der Waals surface area contributed by atoms with E-state index in [-0.39, 0.29) is 36.2 Å². The Bertz CT molecular complexity index is 1080. The highest BCUT2D eigenvalue weighted by atomic mass is 32.2. The summed E-state index contributed by atoms with van der Waals surface area (Å²) in [5.41, 5.74) is 6.54. The zero-order chi connectivity index (χ0) is 24.4. The van der Waals surface area contributed by atoms with Crippen LogP contribution in [-0.2, 0) is 15.3 Å². The monoisotopic (exact) mass is 479 g/mol. The number of nitrogens with two attached hydrogens (primary N) is 1. The summed E-state index contributed by atoms with van der Waals surface area (Å²) in [5.74, 6) is 0.849. The molecule has 1 fully saturated rings. The van der Waals surface area contributed by atoms with Crippen LogP contribution in [0.15, 0.2) is 28.8 Å². The molecule has 0 saturated carbocycles. The van der Waals surface area contributed by atoms with Gasteiger partial charge in [0.1, 0.15) is 5.37 Å². The van der Waals surface area contributed by atoms with Gasteiger partial charge in [-0.25, -0.2) is 13.2 Å². The number of carboxylic acid groups (broad SMARTS) is 1. The highest BCUT2D eigenvalue weighted by molar-refractivity contribution is 7.91. The molecule has 0 radical (unpaired) electrons. The number of amides is 1. The van der Waals surface area contributed by atoms with Crippen LogP contribution in [0.4, 0.5) is 10.5 Å². The van der Waals surface area contributed by atoms with Crippen molar-refractivity contribution in [2.75, 3.05) is 24.2 Å². The van der Waals surface area contributed by atoms with Crippen LogP contribution in [0.5, 0.6) is 0 Å². The summed E-state index contributed by atoms with van der Waals surface area (Å²) in [6, 6.07) is 6.97. The Labute approximate surface area is 194 Å². The number of aromatic nitrogens is 2. The van der Waals surface area contributed by atoms with E-state index in [9.17, 15) is 18.3 Å². The minimum absolute atomic E-state index is 0.0417. The van der Waals surface area contributed by atoms with Crippen LogP contribution in [0.25, 0.3) is 11.5 Å². The number of piperidine rings is 1. The molecule has 0 spiro atoms. The van der Waals surface area contributed by atoms with Crippen molar-refractivity contribution in [2.24, 2.45) is 11.7 Å². The molecular weight excluding hydrogens is 446 g/mol. The first-order valence-corrected chi connectivity index (χ1v) is 12.9. The molecule has 0 aliphatic carbocycles. The van der Waals surface area contributed by atoms with Crippen LogP contribution in [0.2, 0.25) is 0 Å². The number of hydrogen-bond donors (Lipinski definition) is 3. The zero-order valence-corrected chi connectivity index (χ0v) is 20.3. The number of carbonyl (C=O) groups is 1. The van der Waals surface area contributed by atoms with Gasteiger partial charge >= 0.3 is 6.09 Å². The van der Waals surface area contributed by atoms with Crippen molar-refractivity contribution in [3.05, 3.63) is 30.1 Å². The smallest absolute Gasteiger partial charge is 0.411 e. The molecule has 2 heterocycles. The first kappa shape index (κ1) is 25.1. The number of nitrogens with one attached hydrogen (secondary N) is 1. The van der Waals surface area contributed by atoms with Crippen LogP contribution in [0.3, 0.4) is 0 Å². The lowest BCUT2D eigenvalue weighted by Gasteiger charge is -2.34. The topological polar surface area (TPSA) is 152 Å². The van der Waals surface area contributed by atoms with Crippen LogP contribution < -0.4 is 16.0 Å². The van der Waals surface area contributed by atoms with E-state index in [1.54, 1.807) is 24.3 Å². The molecule has 1 aliphatic heterocycles. The molecule has 1 aromatic carbocycles. The van der Waals surface area contributed by atoms with Crippen molar-refractivity contribution in [1.82, 2.24) is 15.5 Å². The summed E-state index contributed by atoms with van der Waals surface area (Å²) in [6.07, 6.45) is 1.73. The molecule has 10 nitrogen and oxygen atoms in total. The van der Waals surface area contributed by atoms with Gasteiger partial charge in [-0.2, -0.15) is 4.98 Å². The highest BCUT2D eigenvalue weighted by Gasteiger charge is 2.31. The van der Waals surface area contributed by atoms with Gasteiger partial charge in [-0.1, -0.05) is 38.1 Å². The van der Waals surface area contributed by atoms with Gasteiger partial charge in [0.15, 0.2) is 15.7 Å². The molecule has 1 saturated heterocycles. The number of sulfone groups is 1. The van der Waals surface area contributed by atoms with Crippen LogP contribution in [0, 0.1) is 5.92 Å². The van der Waals surface area contributed by atoms with E-state index in [0.717, 1.165) is 12.7 Å². The van der Waals surface area contributed by atoms with Gasteiger partial charge in [0.2, 0.25) is 0 Å². The molecule has 11 heteroatoms. The fraction of sp³-hybridized carbons (Fsp3) is 0.591. The zero-order valence-electron chi connectivity index (χ0n) is 19.5. The van der Waals surface area contributed by atoms with Crippen molar-refractivity contribution < 1.29 is 22.8 Å². The molecule has 3 atom stereocenters. The average Bonchev–Trinajstić information content (AvgIpc) is 3.22. The van der Waals surface area contributed by atoms with Crippen molar-refractivity contribution in [2.45, 2.75) is 56.9 Å². The lowest BCUT2D eigenvalue weighted by atomic mass is 9.90. The SMILES string of the molecule is CC(C)(C)c1noc(-c2ccccc2N(CC2CCNC(CC(N)S(C)(=O)=O)C2)C(=O)O)n1. The molecular formula is C22H33N5O5S. The number of anilines is 1. The maximum Gasteiger partial charge on any atom is 0.411 e. The molecule has 182 valence electrons. The van der Waals surface area contributed by atoms with Crippen molar-refractivity contribution >= 4 is 21.6 Å². The van der Waals surface area contributed by atoms with E-state index in [4.69, 9.17) is 10.3 Å². The predicted octanol–water partition coefficient (Wildman–Crippen LogP) is 2.61. The van der Waals surface area contributed by atoms with E-state index in [2.05, 4.69) is 15.5 Å². The first-order valence-electron chi connectivity index (χ1n) is 11.0. The molecule has 4 N–H and O–H groups in total. The maximum absolute atomic E-state index is 12.3. The van der Waals surface area contributed by atoms with E-state index in [1.807, 2.05) is 20.8 Å². The van der Waals surface area contributed by atoms with E-state index < -0.39 is 21.3 Å². The Kier molecular flexibility index (Phi) is 7.45. The normalized spacial score (nSPS) is 20.4. The van der Waals surface area contributed by atoms with Gasteiger partial charge in [-0.15, -0.1) is 0 Å². The van der Waals surface area contributed by atoms with Crippen LogP contribution in [0.1, 0.15) is 45.9 Å². The summed E-state index contributed by atoms with van der Waals surface area (Å²) >= 11 is 0. The summed E-state index contributed by atoms with van der Waals surface area (Å²) < 4.78 is 28.9. The van der Waals surface area contributed by atoms with Crippen molar-refractivity contribution in [1.29, 1.82) is 0 Å². The predicted molar refractivity (Wildman–Crippen MR) is 126 cm³/mol. The standard InChI is InChI=1S/C22H33N5O5S/c1-22(2,3)20-25-19(32-26-20)16-7-5-6-8-17(16)27(21(28)29)13-14-9-10-24-15(11-14)12-18(23)33(4,30)31/h5-8,14-15,18,24H,9-13,23H2,1-4H3,(H,28,29). The lowest BCUT2D eigenvalue weighted by Crippen LogP contribution is -2.46. The number of rotatable bonds is 7. The third-order valence-electron chi connectivity index (χ3n) is 5.86. The van der Waals surface area contributed by atoms with Gasteiger partial charge in [0.05, 0.1) is 11.3 Å². The van der Waals surface area contributed by atoms with Crippen molar-refractivity contribution in [3.8, 4) is 11.5 Å². The molecule has 3 unspecified atom stereocenters. The van der Waals surface area contributed by atoms with E-state index in [0.29, 0.717) is 30.0 Å². The number of nitrogens with zero attached hydrogens (tertiary/aromatic N) is 3. The number of hydrogen-bond acceptors (Lipinski definition) is 8. The Morgan fingerprint density at radius 2 is 2.06 bits per heavy atom. The average molecular weight is 480 g/mol. The highest BCUT2D eigenvalue weighted by Crippen LogP contribution is 2.33. The van der Waals surface area contributed by atoms with Gasteiger partial charge in [-0.3, -0.25) is 4.90 Å². The quantitative estimate of drug-likeness (QED) is 0.544. The first-order chi connectivity index (χ1) is 15.4. The summed E-state index contributed by atoms with van der Waals surface area (Å²) in [5, 5.41) is 16.4. The fourth-order valence-electron chi connectivity index (χ4n) is 3.96. The lowest BCUT2D eigenvalue weighted by molar-refractivity contribution is 0.198. The molecule has 0 bridgehead atoms. The number of para-hydroxylation sites is 1. The molecule has 33 heavy (non-hydrogen) atoms. The minimum atomic E-state index is -3.33. The van der Waals surface area contributed by atoms with Crippen molar-refractivity contribution in [3.63, 3.8) is 0 Å². The third-order valence-corrected chi connectivity index (χ3v) is 7.16. The molecule has 1 amide bonds. The largest absolute Gasteiger partial charge is 0.465 e. The Morgan fingerprint density at radius 3 is 2.67 bits per heavy atom. The Balaban J connectivity index is 1.82. The van der Waals surface area contributed by atoms with E-state index in [1.165, 1.54) is 4.90 Å². The molecule has 3 rings (SSSR count). The summed E-state index contributed by atoms with van der Waals surface area (Å²) in [7, 11) is -3.33. The fourth-order valence-corrected chi connectivity index (χ4v) is 4.54. The summed E-state index contributed by atoms with van der Waals surface area (Å²) in [4.78, 5) is 18.1. The molecule has 1 aromatic heterocycles. The second-order valence-corrected chi connectivity index (χ2v) is 12.0.